The molecule has 2 fully saturated rings. The normalized spacial score (nSPS) is 20.5. The van der Waals surface area contributed by atoms with Gasteiger partial charge in [-0.05, 0) is 30.5 Å². The number of likely N-dealkylation sites (tertiary alicyclic amines) is 2. The highest BCUT2D eigenvalue weighted by Gasteiger charge is 2.42. The van der Waals surface area contributed by atoms with Crippen molar-refractivity contribution in [1.82, 2.24) is 19.4 Å². The Morgan fingerprint density at radius 1 is 1.00 bits per heavy atom. The smallest absolute Gasteiger partial charge is 0.416 e. The van der Waals surface area contributed by atoms with Gasteiger partial charge in [0, 0.05) is 51.2 Å². The lowest BCUT2D eigenvalue weighted by molar-refractivity contribution is -0.137. The minimum atomic E-state index is -4.27. The molecule has 0 saturated carbocycles. The number of fused-ring (bicyclic) bond motifs is 1. The molecule has 2 aromatic rings. The predicted octanol–water partition coefficient (Wildman–Crippen LogP) is 2.69. The van der Waals surface area contributed by atoms with Crippen LogP contribution >= 0.6 is 0 Å². The summed E-state index contributed by atoms with van der Waals surface area (Å²) < 4.78 is 40.2. The predicted molar refractivity (Wildman–Crippen MR) is 110 cm³/mol. The summed E-state index contributed by atoms with van der Waals surface area (Å²) in [5, 5.41) is 13.8. The van der Waals surface area contributed by atoms with Crippen LogP contribution in [0.5, 0.6) is 0 Å². The van der Waals surface area contributed by atoms with Gasteiger partial charge < -0.3 is 14.8 Å². The fourth-order valence-corrected chi connectivity index (χ4v) is 4.32. The quantitative estimate of drug-likeness (QED) is 0.683. The van der Waals surface area contributed by atoms with Gasteiger partial charge in [0.1, 0.15) is 5.82 Å². The largest absolute Gasteiger partial charge is 0.483 e. The zero-order valence-corrected chi connectivity index (χ0v) is 17.6. The van der Waals surface area contributed by atoms with Crippen molar-refractivity contribution in [2.45, 2.75) is 44.2 Å². The van der Waals surface area contributed by atoms with Crippen molar-refractivity contribution in [3.8, 4) is 0 Å². The van der Waals surface area contributed by atoms with Crippen LogP contribution in [-0.4, -0.2) is 67.7 Å². The first kappa shape index (κ1) is 25.3. The lowest BCUT2D eigenvalue weighted by Crippen LogP contribution is -2.36. The zero-order chi connectivity index (χ0) is 23.7. The van der Waals surface area contributed by atoms with Crippen LogP contribution < -0.4 is 0 Å². The molecule has 8 nitrogen and oxygen atoms in total. The number of benzene rings is 1. The Labute approximate surface area is 183 Å². The Kier molecular flexibility index (Phi) is 9.21. The minimum absolute atomic E-state index is 0.250. The summed E-state index contributed by atoms with van der Waals surface area (Å²) in [6, 6.07) is 6.59. The summed E-state index contributed by atoms with van der Waals surface area (Å²) >= 11 is 0. The number of carbonyl (C=O) groups is 2. The van der Waals surface area contributed by atoms with Gasteiger partial charge >= 0.3 is 6.18 Å². The third-order valence-corrected chi connectivity index (χ3v) is 5.74. The molecule has 1 aromatic heterocycles. The Hall–Kier alpha value is -2.92. The third kappa shape index (κ3) is 6.54. The van der Waals surface area contributed by atoms with Crippen LogP contribution in [0.4, 0.5) is 13.2 Å². The SMILES string of the molecule is Cn1ccnc1CN1CC[C@H]2[C@@H]1CCN2Cc1ccc(C(F)(F)F)cc1.O=CO.O=CO. The highest BCUT2D eigenvalue weighted by Crippen LogP contribution is 2.34. The number of hydrogen-bond acceptors (Lipinski definition) is 5. The summed E-state index contributed by atoms with van der Waals surface area (Å²) in [5.74, 6) is 1.08. The topological polar surface area (TPSA) is 98.9 Å². The lowest BCUT2D eigenvalue weighted by Gasteiger charge is -2.25. The van der Waals surface area contributed by atoms with E-state index in [1.54, 1.807) is 12.1 Å². The second kappa shape index (κ2) is 11.6. The van der Waals surface area contributed by atoms with Gasteiger partial charge in [-0.2, -0.15) is 13.2 Å². The molecule has 0 radical (unpaired) electrons. The number of aromatic nitrogens is 2. The maximum Gasteiger partial charge on any atom is 0.416 e. The van der Waals surface area contributed by atoms with Crippen LogP contribution in [0.1, 0.15) is 29.8 Å². The number of nitrogens with zero attached hydrogens (tertiary/aromatic N) is 4. The van der Waals surface area contributed by atoms with Crippen molar-refractivity contribution in [3.05, 3.63) is 53.6 Å². The standard InChI is InChI=1S/C19H23F3N4.2CH2O2/c1-24-11-8-23-18(24)13-26-10-7-16-17(26)6-9-25(16)12-14-2-4-15(5-3-14)19(20,21)22;2*2-1-3/h2-5,8,11,16-17H,6-7,9-10,12-13H2,1H3;2*1H,(H,2,3)/t16-,17-;;/m0../s1. The average molecular weight is 456 g/mol. The molecule has 0 bridgehead atoms. The van der Waals surface area contributed by atoms with Crippen molar-refractivity contribution in [1.29, 1.82) is 0 Å². The molecule has 0 aliphatic carbocycles. The molecule has 1 aromatic carbocycles. The van der Waals surface area contributed by atoms with Gasteiger partial charge in [0.15, 0.2) is 0 Å². The van der Waals surface area contributed by atoms with E-state index in [9.17, 15) is 13.2 Å². The van der Waals surface area contributed by atoms with Crippen LogP contribution in [0.2, 0.25) is 0 Å². The number of hydrogen-bond donors (Lipinski definition) is 2. The molecule has 32 heavy (non-hydrogen) atoms. The van der Waals surface area contributed by atoms with E-state index in [0.29, 0.717) is 12.1 Å². The number of imidazole rings is 1. The summed E-state index contributed by atoms with van der Waals surface area (Å²) in [6.45, 7) is 3.12. The molecule has 2 aliphatic heterocycles. The van der Waals surface area contributed by atoms with Gasteiger partial charge in [-0.1, -0.05) is 12.1 Å². The monoisotopic (exact) mass is 456 g/mol. The molecule has 2 aliphatic rings. The van der Waals surface area contributed by atoms with Crippen molar-refractivity contribution in [3.63, 3.8) is 0 Å². The van der Waals surface area contributed by atoms with Crippen molar-refractivity contribution < 1.29 is 33.0 Å². The highest BCUT2D eigenvalue weighted by atomic mass is 19.4. The molecule has 0 spiro atoms. The number of carboxylic acid groups (broad SMARTS) is 2. The molecule has 2 N–H and O–H groups in total. The molecular weight excluding hydrogens is 429 g/mol. The zero-order valence-electron chi connectivity index (χ0n) is 17.6. The molecule has 3 heterocycles. The molecule has 4 rings (SSSR count). The van der Waals surface area contributed by atoms with E-state index in [2.05, 4.69) is 19.4 Å². The Balaban J connectivity index is 0.000000547. The molecule has 176 valence electrons. The number of alkyl halides is 3. The number of aryl methyl sites for hydroxylation is 1. The first-order valence-electron chi connectivity index (χ1n) is 10.0. The van der Waals surface area contributed by atoms with Gasteiger partial charge in [0.05, 0.1) is 12.1 Å². The molecule has 0 amide bonds. The van der Waals surface area contributed by atoms with Crippen LogP contribution in [0.3, 0.4) is 0 Å². The Morgan fingerprint density at radius 3 is 1.94 bits per heavy atom. The van der Waals surface area contributed by atoms with Gasteiger partial charge in [0.25, 0.3) is 12.9 Å². The summed E-state index contributed by atoms with van der Waals surface area (Å²) in [7, 11) is 2.02. The van der Waals surface area contributed by atoms with Crippen LogP contribution in [0.25, 0.3) is 0 Å². The fourth-order valence-electron chi connectivity index (χ4n) is 4.32. The maximum atomic E-state index is 12.7. The third-order valence-electron chi connectivity index (χ3n) is 5.74. The van der Waals surface area contributed by atoms with Crippen molar-refractivity contribution >= 4 is 12.9 Å². The highest BCUT2D eigenvalue weighted by molar-refractivity contribution is 5.33. The van der Waals surface area contributed by atoms with E-state index in [0.717, 1.165) is 50.4 Å². The van der Waals surface area contributed by atoms with Crippen LogP contribution in [0, 0.1) is 0 Å². The molecule has 0 unspecified atom stereocenters. The number of rotatable bonds is 4. The minimum Gasteiger partial charge on any atom is -0.483 e. The van der Waals surface area contributed by atoms with E-state index >= 15 is 0 Å². The van der Waals surface area contributed by atoms with Crippen molar-refractivity contribution in [2.24, 2.45) is 7.05 Å². The first-order valence-corrected chi connectivity index (χ1v) is 10.0. The van der Waals surface area contributed by atoms with E-state index in [1.807, 2.05) is 19.4 Å². The van der Waals surface area contributed by atoms with E-state index in [4.69, 9.17) is 19.8 Å². The van der Waals surface area contributed by atoms with Gasteiger partial charge in [0.2, 0.25) is 0 Å². The summed E-state index contributed by atoms with van der Waals surface area (Å²) in [4.78, 5) is 26.1. The van der Waals surface area contributed by atoms with E-state index < -0.39 is 11.7 Å². The molecular formula is C21H27F3N4O4. The van der Waals surface area contributed by atoms with Crippen LogP contribution in [0.15, 0.2) is 36.7 Å². The Morgan fingerprint density at radius 2 is 1.50 bits per heavy atom. The first-order chi connectivity index (χ1) is 15.2. The van der Waals surface area contributed by atoms with Gasteiger partial charge in [-0.3, -0.25) is 19.4 Å². The average Bonchev–Trinajstić information content (AvgIpc) is 3.43. The van der Waals surface area contributed by atoms with Gasteiger partial charge in [-0.15, -0.1) is 0 Å². The van der Waals surface area contributed by atoms with Crippen LogP contribution in [-0.2, 0) is 35.9 Å². The van der Waals surface area contributed by atoms with E-state index in [-0.39, 0.29) is 12.9 Å². The molecule has 11 heteroatoms. The summed E-state index contributed by atoms with van der Waals surface area (Å²) in [5.41, 5.74) is 0.365. The second-order valence-electron chi connectivity index (χ2n) is 7.51. The van der Waals surface area contributed by atoms with E-state index in [1.165, 1.54) is 12.1 Å². The molecule has 2 atom stereocenters. The summed E-state index contributed by atoms with van der Waals surface area (Å²) in [6.07, 6.45) is 1.74. The number of halogens is 3. The fraction of sp³-hybridized carbons (Fsp3) is 0.476. The second-order valence-corrected chi connectivity index (χ2v) is 7.51. The van der Waals surface area contributed by atoms with Crippen molar-refractivity contribution in [2.75, 3.05) is 13.1 Å². The maximum absolute atomic E-state index is 12.7. The molecule has 2 saturated heterocycles. The Bertz CT molecular complexity index is 851. The van der Waals surface area contributed by atoms with Gasteiger partial charge in [-0.25, -0.2) is 4.98 Å². The lowest BCUT2D eigenvalue weighted by atomic mass is 10.1.